The van der Waals surface area contributed by atoms with Crippen LogP contribution in [0.4, 0.5) is 9.39 Å². The summed E-state index contributed by atoms with van der Waals surface area (Å²) in [5, 5.41) is 12.1. The average Bonchev–Trinajstić information content (AvgIpc) is 3.13. The maximum absolute atomic E-state index is 13.0. The van der Waals surface area contributed by atoms with Crippen molar-refractivity contribution in [1.29, 1.82) is 0 Å². The van der Waals surface area contributed by atoms with Crippen molar-refractivity contribution in [2.24, 2.45) is 0 Å². The Bertz CT molecular complexity index is 704. The van der Waals surface area contributed by atoms with Crippen molar-refractivity contribution < 1.29 is 19.1 Å². The molecule has 1 saturated carbocycles. The molecule has 0 atom stereocenters. The fraction of sp³-hybridized carbons (Fsp3) is 0.200. The van der Waals surface area contributed by atoms with Crippen molar-refractivity contribution >= 4 is 28.2 Å². The first-order valence-electron chi connectivity index (χ1n) is 6.42. The molecule has 1 aromatic carbocycles. The van der Waals surface area contributed by atoms with Crippen molar-refractivity contribution in [3.63, 3.8) is 0 Å². The summed E-state index contributed by atoms with van der Waals surface area (Å²) in [6.07, 6.45) is 1.42. The number of halogens is 1. The number of nitrogens with one attached hydrogen (secondary N) is 1. The number of aromatic carboxylic acids is 1. The first-order chi connectivity index (χ1) is 10.0. The second-order valence-corrected chi connectivity index (χ2v) is 6.10. The van der Waals surface area contributed by atoms with Gasteiger partial charge in [0.1, 0.15) is 10.7 Å². The lowest BCUT2D eigenvalue weighted by Gasteiger charge is -2.14. The molecule has 1 aliphatic rings. The molecule has 1 fully saturated rings. The van der Waals surface area contributed by atoms with Crippen LogP contribution >= 0.6 is 11.3 Å². The lowest BCUT2D eigenvalue weighted by Crippen LogP contribution is -2.27. The molecule has 2 N–H and O–H groups in total. The quantitative estimate of drug-likeness (QED) is 0.911. The van der Waals surface area contributed by atoms with Crippen molar-refractivity contribution in [2.75, 3.05) is 5.32 Å². The van der Waals surface area contributed by atoms with Crippen LogP contribution in [0, 0.1) is 5.82 Å². The molecule has 1 heterocycles. The van der Waals surface area contributed by atoms with E-state index in [1.165, 1.54) is 18.2 Å². The summed E-state index contributed by atoms with van der Waals surface area (Å²) in [5.41, 5.74) is 0.178. The lowest BCUT2D eigenvalue weighted by molar-refractivity contribution is -0.118. The van der Waals surface area contributed by atoms with Gasteiger partial charge in [0.25, 0.3) is 0 Å². The fourth-order valence-electron chi connectivity index (χ4n) is 2.29. The maximum atomic E-state index is 13.0. The number of benzene rings is 1. The average molecular weight is 305 g/mol. The minimum atomic E-state index is -1.01. The summed E-state index contributed by atoms with van der Waals surface area (Å²) in [6.45, 7) is 0. The number of amides is 1. The zero-order valence-corrected chi connectivity index (χ0v) is 11.7. The third-order valence-electron chi connectivity index (χ3n) is 3.63. The van der Waals surface area contributed by atoms with E-state index < -0.39 is 11.4 Å². The van der Waals surface area contributed by atoms with Crippen LogP contribution in [-0.2, 0) is 10.2 Å². The highest BCUT2D eigenvalue weighted by molar-refractivity contribution is 7.18. The SMILES string of the molecule is O=C(O)c1ccc(NC(=O)C2(c3ccc(F)cc3)CC2)s1. The van der Waals surface area contributed by atoms with Gasteiger partial charge in [-0.1, -0.05) is 12.1 Å². The molecule has 0 spiro atoms. The minimum absolute atomic E-state index is 0.173. The van der Waals surface area contributed by atoms with Gasteiger partial charge in [0, 0.05) is 0 Å². The molecule has 4 nitrogen and oxygen atoms in total. The summed E-state index contributed by atoms with van der Waals surface area (Å²) in [7, 11) is 0. The number of hydrogen-bond donors (Lipinski definition) is 2. The highest BCUT2D eigenvalue weighted by atomic mass is 32.1. The monoisotopic (exact) mass is 305 g/mol. The number of carboxylic acid groups (broad SMARTS) is 1. The number of hydrogen-bond acceptors (Lipinski definition) is 3. The van der Waals surface area contributed by atoms with E-state index in [4.69, 9.17) is 5.11 Å². The van der Waals surface area contributed by atoms with Crippen molar-refractivity contribution in [2.45, 2.75) is 18.3 Å². The molecule has 0 saturated heterocycles. The van der Waals surface area contributed by atoms with Crippen LogP contribution < -0.4 is 5.32 Å². The molecule has 0 unspecified atom stereocenters. The number of anilines is 1. The van der Waals surface area contributed by atoms with Crippen LogP contribution in [0.5, 0.6) is 0 Å². The van der Waals surface area contributed by atoms with Gasteiger partial charge in [-0.3, -0.25) is 4.79 Å². The highest BCUT2D eigenvalue weighted by Gasteiger charge is 2.51. The Morgan fingerprint density at radius 1 is 1.14 bits per heavy atom. The van der Waals surface area contributed by atoms with E-state index in [1.807, 2.05) is 0 Å². The summed E-state index contributed by atoms with van der Waals surface area (Å²) in [5.74, 6) is -1.52. The molecule has 2 aromatic rings. The molecule has 108 valence electrons. The van der Waals surface area contributed by atoms with Crippen LogP contribution in [0.15, 0.2) is 36.4 Å². The molecule has 1 amide bonds. The largest absolute Gasteiger partial charge is 0.477 e. The Labute approximate surface area is 124 Å². The third kappa shape index (κ3) is 2.54. The zero-order chi connectivity index (χ0) is 15.0. The van der Waals surface area contributed by atoms with E-state index in [-0.39, 0.29) is 16.6 Å². The lowest BCUT2D eigenvalue weighted by atomic mass is 9.95. The van der Waals surface area contributed by atoms with Crippen LogP contribution in [-0.4, -0.2) is 17.0 Å². The predicted molar refractivity (Wildman–Crippen MR) is 77.2 cm³/mol. The van der Waals surface area contributed by atoms with Gasteiger partial charge in [-0.15, -0.1) is 11.3 Å². The third-order valence-corrected chi connectivity index (χ3v) is 4.62. The van der Waals surface area contributed by atoms with E-state index in [2.05, 4.69) is 5.32 Å². The molecule has 6 heteroatoms. The fourth-order valence-corrected chi connectivity index (χ4v) is 3.03. The van der Waals surface area contributed by atoms with Crippen molar-refractivity contribution in [3.05, 3.63) is 52.7 Å². The number of carbonyl (C=O) groups excluding carboxylic acids is 1. The van der Waals surface area contributed by atoms with Gasteiger partial charge < -0.3 is 10.4 Å². The van der Waals surface area contributed by atoms with Crippen molar-refractivity contribution in [3.8, 4) is 0 Å². The summed E-state index contributed by atoms with van der Waals surface area (Å²) in [6, 6.07) is 8.97. The molecule has 1 aliphatic carbocycles. The molecular formula is C15H12FNO3S. The van der Waals surface area contributed by atoms with Crippen LogP contribution in [0.25, 0.3) is 0 Å². The van der Waals surface area contributed by atoms with Gasteiger partial charge in [0.2, 0.25) is 5.91 Å². The number of carboxylic acids is 1. The second kappa shape index (κ2) is 4.96. The van der Waals surface area contributed by atoms with Gasteiger partial charge >= 0.3 is 5.97 Å². The Balaban J connectivity index is 1.78. The molecule has 21 heavy (non-hydrogen) atoms. The number of rotatable bonds is 4. The predicted octanol–water partition coefficient (Wildman–Crippen LogP) is 3.26. The Morgan fingerprint density at radius 3 is 2.33 bits per heavy atom. The maximum Gasteiger partial charge on any atom is 0.345 e. The Morgan fingerprint density at radius 2 is 1.81 bits per heavy atom. The van der Waals surface area contributed by atoms with Crippen LogP contribution in [0.1, 0.15) is 28.1 Å². The summed E-state index contributed by atoms with van der Waals surface area (Å²) in [4.78, 5) is 23.4. The summed E-state index contributed by atoms with van der Waals surface area (Å²) >= 11 is 1.02. The molecule has 0 radical (unpaired) electrons. The normalized spacial score (nSPS) is 15.5. The van der Waals surface area contributed by atoms with Gasteiger partial charge in [-0.2, -0.15) is 0 Å². The van der Waals surface area contributed by atoms with Crippen LogP contribution in [0.2, 0.25) is 0 Å². The molecule has 0 bridgehead atoms. The molecular weight excluding hydrogens is 293 g/mol. The topological polar surface area (TPSA) is 66.4 Å². The van der Waals surface area contributed by atoms with E-state index in [1.54, 1.807) is 18.2 Å². The number of thiophene rings is 1. The van der Waals surface area contributed by atoms with Crippen molar-refractivity contribution in [1.82, 2.24) is 0 Å². The van der Waals surface area contributed by atoms with E-state index in [9.17, 15) is 14.0 Å². The Kier molecular flexibility index (Phi) is 3.25. The first-order valence-corrected chi connectivity index (χ1v) is 7.23. The van der Waals surface area contributed by atoms with Gasteiger partial charge in [-0.05, 0) is 42.7 Å². The molecule has 1 aromatic heterocycles. The minimum Gasteiger partial charge on any atom is -0.477 e. The van der Waals surface area contributed by atoms with E-state index in [0.717, 1.165) is 16.9 Å². The smallest absolute Gasteiger partial charge is 0.345 e. The second-order valence-electron chi connectivity index (χ2n) is 5.01. The van der Waals surface area contributed by atoms with Gasteiger partial charge in [0.15, 0.2) is 0 Å². The number of carbonyl (C=O) groups is 2. The standard InChI is InChI=1S/C15H12FNO3S/c16-10-3-1-9(2-4-10)15(7-8-15)14(20)17-12-6-5-11(21-12)13(18)19/h1-6H,7-8H2,(H,17,20)(H,18,19). The first kappa shape index (κ1) is 13.8. The summed E-state index contributed by atoms with van der Waals surface area (Å²) < 4.78 is 13.0. The van der Waals surface area contributed by atoms with Gasteiger partial charge in [0.05, 0.1) is 10.4 Å². The zero-order valence-electron chi connectivity index (χ0n) is 10.9. The highest BCUT2D eigenvalue weighted by Crippen LogP contribution is 2.49. The van der Waals surface area contributed by atoms with Gasteiger partial charge in [-0.25, -0.2) is 9.18 Å². The van der Waals surface area contributed by atoms with E-state index >= 15 is 0 Å². The van der Waals surface area contributed by atoms with Crippen LogP contribution in [0.3, 0.4) is 0 Å². The molecule has 3 rings (SSSR count). The van der Waals surface area contributed by atoms with E-state index in [0.29, 0.717) is 17.8 Å². The molecule has 0 aliphatic heterocycles. The Hall–Kier alpha value is -2.21.